The Hall–Kier alpha value is -0.560. The minimum Gasteiger partial charge on any atom is -0.398 e. The lowest BCUT2D eigenvalue weighted by molar-refractivity contribution is 0.579. The van der Waals surface area contributed by atoms with Crippen LogP contribution in [-0.4, -0.2) is 15.0 Å². The molecule has 4 nitrogen and oxygen atoms in total. The molecule has 1 aliphatic carbocycles. The Kier molecular flexibility index (Phi) is 5.71. The Balaban J connectivity index is 2.06. The number of benzene rings is 1. The summed E-state index contributed by atoms with van der Waals surface area (Å²) in [4.78, 5) is 0.0742. The number of hydrogen-bond acceptors (Lipinski definition) is 3. The SMILES string of the molecule is Nc1cc(Cl)cc(S(=O)(=O)NCCC2=CCCCC2)c1Br. The van der Waals surface area contributed by atoms with E-state index in [2.05, 4.69) is 26.7 Å². The zero-order valence-corrected chi connectivity index (χ0v) is 14.7. The third-order valence-corrected chi connectivity index (χ3v) is 6.30. The van der Waals surface area contributed by atoms with Gasteiger partial charge in [0.1, 0.15) is 0 Å². The first kappa shape index (κ1) is 16.8. The molecule has 1 aromatic carbocycles. The average molecular weight is 394 g/mol. The van der Waals surface area contributed by atoms with Gasteiger partial charge < -0.3 is 5.73 Å². The first-order chi connectivity index (χ1) is 9.90. The lowest BCUT2D eigenvalue weighted by atomic mass is 9.97. The van der Waals surface area contributed by atoms with Crippen LogP contribution in [0.2, 0.25) is 5.02 Å². The van der Waals surface area contributed by atoms with E-state index in [0.717, 1.165) is 19.3 Å². The van der Waals surface area contributed by atoms with Gasteiger partial charge in [0, 0.05) is 17.3 Å². The number of nitrogen functional groups attached to an aromatic ring is 1. The molecule has 0 saturated heterocycles. The largest absolute Gasteiger partial charge is 0.398 e. The maximum Gasteiger partial charge on any atom is 0.241 e. The van der Waals surface area contributed by atoms with Gasteiger partial charge in [-0.15, -0.1) is 0 Å². The third kappa shape index (κ3) is 4.45. The van der Waals surface area contributed by atoms with Gasteiger partial charge >= 0.3 is 0 Å². The summed E-state index contributed by atoms with van der Waals surface area (Å²) >= 11 is 9.09. The molecule has 0 unspecified atom stereocenters. The molecule has 0 spiro atoms. The molecule has 0 saturated carbocycles. The van der Waals surface area contributed by atoms with Crippen molar-refractivity contribution in [1.29, 1.82) is 0 Å². The van der Waals surface area contributed by atoms with Crippen LogP contribution in [0.25, 0.3) is 0 Å². The molecule has 0 bridgehead atoms. The van der Waals surface area contributed by atoms with Crippen LogP contribution in [0, 0.1) is 0 Å². The van der Waals surface area contributed by atoms with Crippen LogP contribution in [0.3, 0.4) is 0 Å². The van der Waals surface area contributed by atoms with Crippen molar-refractivity contribution < 1.29 is 8.42 Å². The molecule has 0 radical (unpaired) electrons. The van der Waals surface area contributed by atoms with Gasteiger partial charge in [0.25, 0.3) is 0 Å². The standard InChI is InChI=1S/C14H18BrClN2O2S/c15-14-12(17)8-11(16)9-13(14)21(19,20)18-7-6-10-4-2-1-3-5-10/h4,8-9,18H,1-3,5-7,17H2. The number of hydrogen-bond donors (Lipinski definition) is 2. The molecular weight excluding hydrogens is 376 g/mol. The fraction of sp³-hybridized carbons (Fsp3) is 0.429. The Morgan fingerprint density at radius 3 is 2.76 bits per heavy atom. The lowest BCUT2D eigenvalue weighted by Crippen LogP contribution is -2.25. The van der Waals surface area contributed by atoms with Crippen LogP contribution in [0.15, 0.2) is 33.2 Å². The van der Waals surface area contributed by atoms with E-state index in [0.29, 0.717) is 21.7 Å². The van der Waals surface area contributed by atoms with Gasteiger partial charge in [-0.3, -0.25) is 0 Å². The number of anilines is 1. The van der Waals surface area contributed by atoms with E-state index in [1.54, 1.807) is 0 Å². The number of nitrogens with two attached hydrogens (primary N) is 1. The third-order valence-electron chi connectivity index (χ3n) is 3.44. The molecule has 116 valence electrons. The van der Waals surface area contributed by atoms with Gasteiger partial charge in [-0.05, 0) is 60.2 Å². The zero-order valence-electron chi connectivity index (χ0n) is 11.5. The average Bonchev–Trinajstić information content (AvgIpc) is 2.43. The van der Waals surface area contributed by atoms with Gasteiger partial charge in [-0.2, -0.15) is 0 Å². The summed E-state index contributed by atoms with van der Waals surface area (Å²) in [5.74, 6) is 0. The first-order valence-corrected chi connectivity index (χ1v) is 9.47. The molecule has 21 heavy (non-hydrogen) atoms. The minimum absolute atomic E-state index is 0.0742. The van der Waals surface area contributed by atoms with E-state index >= 15 is 0 Å². The number of halogens is 2. The maximum atomic E-state index is 12.3. The number of allylic oxidation sites excluding steroid dienone is 1. The van der Waals surface area contributed by atoms with Crippen molar-refractivity contribution in [3.05, 3.63) is 33.3 Å². The summed E-state index contributed by atoms with van der Waals surface area (Å²) < 4.78 is 27.6. The van der Waals surface area contributed by atoms with Gasteiger partial charge in [0.15, 0.2) is 0 Å². The predicted molar refractivity (Wildman–Crippen MR) is 89.9 cm³/mol. The van der Waals surface area contributed by atoms with Crippen molar-refractivity contribution in [2.24, 2.45) is 0 Å². The highest BCUT2D eigenvalue weighted by Gasteiger charge is 2.20. The van der Waals surface area contributed by atoms with Gasteiger partial charge in [0.05, 0.1) is 9.37 Å². The van der Waals surface area contributed by atoms with Gasteiger partial charge in [-0.1, -0.05) is 23.3 Å². The molecular formula is C14H18BrClN2O2S. The quantitative estimate of drug-likeness (QED) is 0.589. The molecule has 3 N–H and O–H groups in total. The summed E-state index contributed by atoms with van der Waals surface area (Å²) in [6, 6.07) is 2.90. The van der Waals surface area contributed by atoms with Gasteiger partial charge in [0.2, 0.25) is 10.0 Å². The molecule has 1 aromatic rings. The molecule has 2 rings (SSSR count). The minimum atomic E-state index is -3.63. The highest BCUT2D eigenvalue weighted by atomic mass is 79.9. The van der Waals surface area contributed by atoms with E-state index < -0.39 is 10.0 Å². The van der Waals surface area contributed by atoms with Crippen LogP contribution in [-0.2, 0) is 10.0 Å². The van der Waals surface area contributed by atoms with Crippen molar-refractivity contribution in [3.8, 4) is 0 Å². The smallest absolute Gasteiger partial charge is 0.241 e. The monoisotopic (exact) mass is 392 g/mol. The Labute approximate surface area is 138 Å². The summed E-state index contributed by atoms with van der Waals surface area (Å²) in [6.07, 6.45) is 7.53. The molecule has 0 aliphatic heterocycles. The predicted octanol–water partition coefficient (Wildman–Crippen LogP) is 3.85. The van der Waals surface area contributed by atoms with Crippen LogP contribution in [0.5, 0.6) is 0 Å². The van der Waals surface area contributed by atoms with Crippen LogP contribution in [0.4, 0.5) is 5.69 Å². The lowest BCUT2D eigenvalue weighted by Gasteiger charge is -2.14. The second-order valence-electron chi connectivity index (χ2n) is 5.06. The maximum absolute atomic E-state index is 12.3. The van der Waals surface area contributed by atoms with Crippen molar-refractivity contribution >= 4 is 43.2 Å². The van der Waals surface area contributed by atoms with E-state index in [9.17, 15) is 8.42 Å². The van der Waals surface area contributed by atoms with E-state index in [-0.39, 0.29) is 4.90 Å². The van der Waals surface area contributed by atoms with Crippen molar-refractivity contribution in [2.45, 2.75) is 37.0 Å². The van der Waals surface area contributed by atoms with Crippen LogP contribution < -0.4 is 10.5 Å². The topological polar surface area (TPSA) is 72.2 Å². The highest BCUT2D eigenvalue weighted by Crippen LogP contribution is 2.31. The van der Waals surface area contributed by atoms with Crippen LogP contribution >= 0.6 is 27.5 Å². The molecule has 7 heteroatoms. The summed E-state index contributed by atoms with van der Waals surface area (Å²) in [7, 11) is -3.63. The van der Waals surface area contributed by atoms with Crippen molar-refractivity contribution in [3.63, 3.8) is 0 Å². The zero-order chi connectivity index (χ0) is 15.5. The van der Waals surface area contributed by atoms with E-state index in [4.69, 9.17) is 17.3 Å². The second kappa shape index (κ2) is 7.13. The Morgan fingerprint density at radius 2 is 2.10 bits per heavy atom. The first-order valence-electron chi connectivity index (χ1n) is 6.82. The van der Waals surface area contributed by atoms with Crippen molar-refractivity contribution in [1.82, 2.24) is 4.72 Å². The van der Waals surface area contributed by atoms with Crippen LogP contribution in [0.1, 0.15) is 32.1 Å². The normalized spacial score (nSPS) is 15.8. The molecule has 0 atom stereocenters. The number of sulfonamides is 1. The fourth-order valence-electron chi connectivity index (χ4n) is 2.34. The van der Waals surface area contributed by atoms with E-state index in [1.807, 2.05) is 0 Å². The molecule has 1 aliphatic rings. The number of rotatable bonds is 5. The van der Waals surface area contributed by atoms with Gasteiger partial charge in [-0.25, -0.2) is 13.1 Å². The molecule has 0 amide bonds. The molecule has 0 fully saturated rings. The fourth-order valence-corrected chi connectivity index (χ4v) is 4.66. The highest BCUT2D eigenvalue weighted by molar-refractivity contribution is 9.10. The molecule has 0 heterocycles. The Morgan fingerprint density at radius 1 is 1.33 bits per heavy atom. The summed E-state index contributed by atoms with van der Waals surface area (Å²) in [6.45, 7) is 0.382. The summed E-state index contributed by atoms with van der Waals surface area (Å²) in [5.41, 5.74) is 7.36. The molecule has 0 aromatic heterocycles. The second-order valence-corrected chi connectivity index (χ2v) is 8.03. The van der Waals surface area contributed by atoms with Crippen molar-refractivity contribution in [2.75, 3.05) is 12.3 Å². The summed E-state index contributed by atoms with van der Waals surface area (Å²) in [5, 5.41) is 0.297. The number of nitrogens with one attached hydrogen (secondary N) is 1. The Bertz CT molecular complexity index is 659. The van der Waals surface area contributed by atoms with E-state index in [1.165, 1.54) is 30.5 Å².